The lowest BCUT2D eigenvalue weighted by molar-refractivity contribution is 0.101. The average Bonchev–Trinajstić information content (AvgIpc) is 1.97. The molecule has 5 nitrogen and oxygen atoms in total. The highest BCUT2D eigenvalue weighted by atomic mass is 16.3. The van der Waals surface area contributed by atoms with E-state index in [1.54, 1.807) is 0 Å². The highest BCUT2D eigenvalue weighted by Crippen LogP contribution is 2.14. The minimum absolute atomic E-state index is 0.234. The van der Waals surface area contributed by atoms with Crippen molar-refractivity contribution < 1.29 is 9.90 Å². The summed E-state index contributed by atoms with van der Waals surface area (Å²) in [5.74, 6) is -0.814. The minimum Gasteiger partial charge on any atom is -0.505 e. The van der Waals surface area contributed by atoms with E-state index >= 15 is 0 Å². The number of aromatic amines is 1. The zero-order valence-electron chi connectivity index (χ0n) is 6.71. The molecule has 0 aliphatic carbocycles. The number of H-pyrrole nitrogens is 1. The molecule has 1 aromatic rings. The van der Waals surface area contributed by atoms with Gasteiger partial charge >= 0.3 is 0 Å². The fourth-order valence-electron chi connectivity index (χ4n) is 0.859. The molecule has 0 radical (unpaired) electrons. The van der Waals surface area contributed by atoms with Crippen LogP contribution in [0.15, 0.2) is 4.79 Å². The number of carbonyl (C=O) groups is 1. The number of aromatic hydroxyl groups is 1. The van der Waals surface area contributed by atoms with Crippen LogP contribution in [0.25, 0.3) is 0 Å². The fraction of sp³-hybridized carbons (Fsp3) is 0.286. The second-order valence-corrected chi connectivity index (χ2v) is 2.42. The van der Waals surface area contributed by atoms with E-state index in [0.717, 1.165) is 0 Å². The van der Waals surface area contributed by atoms with Gasteiger partial charge in [0.15, 0.2) is 11.5 Å². The Morgan fingerprint density at radius 3 is 2.58 bits per heavy atom. The average molecular weight is 168 g/mol. The van der Waals surface area contributed by atoms with Gasteiger partial charge in [-0.3, -0.25) is 9.59 Å². The Balaban J connectivity index is 3.54. The normalized spacial score (nSPS) is 9.83. The summed E-state index contributed by atoms with van der Waals surface area (Å²) in [6.07, 6.45) is 0. The molecule has 0 atom stereocenters. The first-order chi connectivity index (χ1) is 5.54. The molecule has 0 bridgehead atoms. The number of hydrogen-bond donors (Lipinski definition) is 2. The number of carbonyl (C=O) groups excluding carboxylic acids is 1. The number of aryl methyl sites for hydroxylation is 1. The maximum atomic E-state index is 10.9. The Bertz CT molecular complexity index is 381. The van der Waals surface area contributed by atoms with Crippen LogP contribution < -0.4 is 5.56 Å². The highest BCUT2D eigenvalue weighted by molar-refractivity contribution is 5.96. The summed E-state index contributed by atoms with van der Waals surface area (Å²) in [4.78, 5) is 21.8. The largest absolute Gasteiger partial charge is 0.505 e. The predicted octanol–water partition coefficient (Wildman–Crippen LogP) is -0.0135. The standard InChI is InChI=1S/C7H8N2O3/c1-3-6(11)5(4(2)10)7(12)9-8-3/h1-2H3,(H2,9,11,12). The molecule has 0 saturated heterocycles. The van der Waals surface area contributed by atoms with Gasteiger partial charge in [0.1, 0.15) is 11.3 Å². The summed E-state index contributed by atoms with van der Waals surface area (Å²) in [5, 5.41) is 14.8. The second-order valence-electron chi connectivity index (χ2n) is 2.42. The third kappa shape index (κ3) is 1.20. The molecule has 0 aliphatic rings. The van der Waals surface area contributed by atoms with Gasteiger partial charge in [-0.1, -0.05) is 0 Å². The van der Waals surface area contributed by atoms with Crippen LogP contribution in [0.5, 0.6) is 5.75 Å². The van der Waals surface area contributed by atoms with Crippen molar-refractivity contribution in [3.8, 4) is 5.75 Å². The smallest absolute Gasteiger partial charge is 0.278 e. The van der Waals surface area contributed by atoms with Crippen molar-refractivity contribution in [1.29, 1.82) is 0 Å². The van der Waals surface area contributed by atoms with Crippen LogP contribution in [0.2, 0.25) is 0 Å². The first-order valence-electron chi connectivity index (χ1n) is 3.33. The number of hydrogen-bond acceptors (Lipinski definition) is 4. The number of aromatic nitrogens is 2. The molecule has 0 aliphatic heterocycles. The summed E-state index contributed by atoms with van der Waals surface area (Å²) in [6, 6.07) is 0. The van der Waals surface area contributed by atoms with Crippen LogP contribution in [-0.4, -0.2) is 21.1 Å². The molecule has 12 heavy (non-hydrogen) atoms. The molecule has 0 unspecified atom stereocenters. The van der Waals surface area contributed by atoms with Crippen molar-refractivity contribution in [3.05, 3.63) is 21.6 Å². The van der Waals surface area contributed by atoms with Crippen LogP contribution in [0.1, 0.15) is 23.0 Å². The molecular formula is C7H8N2O3. The molecule has 1 aromatic heterocycles. The molecule has 0 spiro atoms. The zero-order chi connectivity index (χ0) is 9.30. The molecule has 0 amide bonds. The topological polar surface area (TPSA) is 83.0 Å². The summed E-state index contributed by atoms with van der Waals surface area (Å²) >= 11 is 0. The zero-order valence-corrected chi connectivity index (χ0v) is 6.71. The van der Waals surface area contributed by atoms with Crippen LogP contribution in [0.3, 0.4) is 0 Å². The Kier molecular flexibility index (Phi) is 1.95. The molecule has 0 saturated carbocycles. The Hall–Kier alpha value is -1.65. The number of ketones is 1. The van der Waals surface area contributed by atoms with Crippen molar-refractivity contribution in [2.75, 3.05) is 0 Å². The van der Waals surface area contributed by atoms with Crippen molar-refractivity contribution in [2.24, 2.45) is 0 Å². The molecular weight excluding hydrogens is 160 g/mol. The van der Waals surface area contributed by atoms with Crippen molar-refractivity contribution in [1.82, 2.24) is 10.2 Å². The monoisotopic (exact) mass is 168 g/mol. The molecule has 64 valence electrons. The fourth-order valence-corrected chi connectivity index (χ4v) is 0.859. The van der Waals surface area contributed by atoms with Gasteiger partial charge in [0.25, 0.3) is 5.56 Å². The minimum atomic E-state index is -0.661. The van der Waals surface area contributed by atoms with Gasteiger partial charge in [-0.25, -0.2) is 5.10 Å². The number of nitrogens with one attached hydrogen (secondary N) is 1. The van der Waals surface area contributed by atoms with Gasteiger partial charge in [0, 0.05) is 0 Å². The Labute approximate surface area is 68.1 Å². The number of nitrogens with zero attached hydrogens (tertiary/aromatic N) is 1. The van der Waals surface area contributed by atoms with Gasteiger partial charge in [0.2, 0.25) is 0 Å². The van der Waals surface area contributed by atoms with E-state index in [0.29, 0.717) is 0 Å². The predicted molar refractivity (Wildman–Crippen MR) is 41.3 cm³/mol. The summed E-state index contributed by atoms with van der Waals surface area (Å²) in [6.45, 7) is 2.71. The lowest BCUT2D eigenvalue weighted by atomic mass is 10.2. The number of rotatable bonds is 1. The van der Waals surface area contributed by atoms with E-state index in [2.05, 4.69) is 10.2 Å². The molecule has 0 aromatic carbocycles. The van der Waals surface area contributed by atoms with Crippen molar-refractivity contribution in [3.63, 3.8) is 0 Å². The first kappa shape index (κ1) is 8.45. The maximum Gasteiger partial charge on any atom is 0.278 e. The first-order valence-corrected chi connectivity index (χ1v) is 3.33. The van der Waals surface area contributed by atoms with Crippen LogP contribution in [0.4, 0.5) is 0 Å². The van der Waals surface area contributed by atoms with E-state index in [4.69, 9.17) is 0 Å². The number of Topliss-reactive ketones (excluding diaryl/α,β-unsaturated/α-hetero) is 1. The Morgan fingerprint density at radius 1 is 1.58 bits per heavy atom. The van der Waals surface area contributed by atoms with Crippen molar-refractivity contribution in [2.45, 2.75) is 13.8 Å². The van der Waals surface area contributed by atoms with Gasteiger partial charge in [-0.15, -0.1) is 0 Å². The highest BCUT2D eigenvalue weighted by Gasteiger charge is 2.13. The Morgan fingerprint density at radius 2 is 2.17 bits per heavy atom. The maximum absolute atomic E-state index is 10.9. The summed E-state index contributed by atoms with van der Waals surface area (Å²) in [5.41, 5.74) is -0.659. The molecule has 1 heterocycles. The van der Waals surface area contributed by atoms with Crippen LogP contribution in [-0.2, 0) is 0 Å². The van der Waals surface area contributed by atoms with Crippen LogP contribution >= 0.6 is 0 Å². The third-order valence-corrected chi connectivity index (χ3v) is 1.48. The third-order valence-electron chi connectivity index (χ3n) is 1.48. The molecule has 1 rings (SSSR count). The van der Waals surface area contributed by atoms with Gasteiger partial charge in [-0.05, 0) is 13.8 Å². The van der Waals surface area contributed by atoms with E-state index in [1.807, 2.05) is 0 Å². The van der Waals surface area contributed by atoms with E-state index in [9.17, 15) is 14.7 Å². The van der Waals surface area contributed by atoms with Gasteiger partial charge in [0.05, 0.1) is 0 Å². The van der Waals surface area contributed by atoms with Gasteiger partial charge in [-0.2, -0.15) is 5.10 Å². The van der Waals surface area contributed by atoms with E-state index < -0.39 is 11.3 Å². The molecule has 2 N–H and O–H groups in total. The second kappa shape index (κ2) is 2.77. The quantitative estimate of drug-likeness (QED) is 0.577. The summed E-state index contributed by atoms with van der Waals surface area (Å²) < 4.78 is 0. The van der Waals surface area contributed by atoms with Crippen molar-refractivity contribution >= 4 is 5.78 Å². The van der Waals surface area contributed by atoms with Crippen LogP contribution in [0, 0.1) is 6.92 Å². The lowest BCUT2D eigenvalue weighted by Gasteiger charge is -1.99. The molecule has 5 heteroatoms. The van der Waals surface area contributed by atoms with E-state index in [-0.39, 0.29) is 17.0 Å². The SMILES string of the molecule is CC(=O)c1c(O)c(C)n[nH]c1=O. The molecule has 0 fully saturated rings. The van der Waals surface area contributed by atoms with Gasteiger partial charge < -0.3 is 5.11 Å². The van der Waals surface area contributed by atoms with E-state index in [1.165, 1.54) is 13.8 Å². The summed E-state index contributed by atoms with van der Waals surface area (Å²) in [7, 11) is 0. The lowest BCUT2D eigenvalue weighted by Crippen LogP contribution is -2.18.